The lowest BCUT2D eigenvalue weighted by Crippen LogP contribution is -2.57. The highest BCUT2D eigenvalue weighted by molar-refractivity contribution is 7.98. The number of nitrogens with one attached hydrogen (secondary N) is 4. The van der Waals surface area contributed by atoms with Crippen LogP contribution >= 0.6 is 11.8 Å². The van der Waals surface area contributed by atoms with Crippen LogP contribution in [-0.4, -0.2) is 84.0 Å². The summed E-state index contributed by atoms with van der Waals surface area (Å²) >= 11 is 1.50. The molecule has 13 heteroatoms. The predicted octanol–water partition coefficient (Wildman–Crippen LogP) is -0.870. The molecule has 0 spiro atoms. The van der Waals surface area contributed by atoms with Gasteiger partial charge in [-0.15, -0.1) is 0 Å². The minimum absolute atomic E-state index is 0.0903. The van der Waals surface area contributed by atoms with Crippen molar-refractivity contribution in [1.82, 2.24) is 21.3 Å². The zero-order chi connectivity index (χ0) is 26.4. The Bertz CT molecular complexity index is 740. The summed E-state index contributed by atoms with van der Waals surface area (Å²) in [5.74, 6) is -1.87. The summed E-state index contributed by atoms with van der Waals surface area (Å²) in [7, 11) is 0. The number of carbonyl (C=O) groups excluding carboxylic acids is 3. The molecule has 12 nitrogen and oxygen atoms in total. The third-order valence-corrected chi connectivity index (χ3v) is 6.16. The molecule has 1 saturated heterocycles. The van der Waals surface area contributed by atoms with Gasteiger partial charge in [0, 0.05) is 6.54 Å². The number of carboxylic acid groups (broad SMARTS) is 1. The Labute approximate surface area is 211 Å². The largest absolute Gasteiger partial charge is 0.480 e. The molecule has 0 aliphatic carbocycles. The second-order valence-electron chi connectivity index (χ2n) is 9.03. The molecular formula is C22H41N7O5S. The van der Waals surface area contributed by atoms with Gasteiger partial charge in [-0.25, -0.2) is 4.79 Å². The van der Waals surface area contributed by atoms with Crippen LogP contribution in [0.2, 0.25) is 0 Å². The minimum atomic E-state index is -1.19. The highest BCUT2D eigenvalue weighted by atomic mass is 32.2. The van der Waals surface area contributed by atoms with Gasteiger partial charge in [-0.3, -0.25) is 19.4 Å². The van der Waals surface area contributed by atoms with Gasteiger partial charge in [-0.2, -0.15) is 11.8 Å². The number of nitrogens with zero attached hydrogens (tertiary/aromatic N) is 1. The van der Waals surface area contributed by atoms with E-state index in [0.29, 0.717) is 31.4 Å². The number of hydrogen-bond acceptors (Lipinski definition) is 7. The Hall–Kier alpha value is -2.54. The molecule has 1 heterocycles. The van der Waals surface area contributed by atoms with E-state index in [1.54, 1.807) is 0 Å². The second-order valence-corrected chi connectivity index (χ2v) is 10.0. The number of guanidine groups is 1. The molecule has 0 saturated carbocycles. The van der Waals surface area contributed by atoms with Crippen molar-refractivity contribution in [3.63, 3.8) is 0 Å². The first kappa shape index (κ1) is 30.5. The second kappa shape index (κ2) is 16.2. The third kappa shape index (κ3) is 12.1. The molecule has 35 heavy (non-hydrogen) atoms. The van der Waals surface area contributed by atoms with Gasteiger partial charge in [0.2, 0.25) is 17.7 Å². The van der Waals surface area contributed by atoms with Crippen LogP contribution in [0.1, 0.15) is 52.4 Å². The maximum atomic E-state index is 13.1. The van der Waals surface area contributed by atoms with Crippen molar-refractivity contribution in [2.45, 2.75) is 76.5 Å². The monoisotopic (exact) mass is 515 g/mol. The molecule has 0 aromatic heterocycles. The predicted molar refractivity (Wildman–Crippen MR) is 137 cm³/mol. The van der Waals surface area contributed by atoms with E-state index in [1.165, 1.54) is 11.8 Å². The Morgan fingerprint density at radius 3 is 2.26 bits per heavy atom. The molecule has 3 amide bonds. The summed E-state index contributed by atoms with van der Waals surface area (Å²) in [5, 5.41) is 20.7. The van der Waals surface area contributed by atoms with E-state index >= 15 is 0 Å². The van der Waals surface area contributed by atoms with E-state index in [2.05, 4.69) is 26.3 Å². The molecule has 1 aliphatic rings. The number of carboxylic acids is 1. The Kier molecular flexibility index (Phi) is 14.1. The van der Waals surface area contributed by atoms with Crippen molar-refractivity contribution >= 4 is 41.4 Å². The van der Waals surface area contributed by atoms with Crippen LogP contribution in [0.5, 0.6) is 0 Å². The summed E-state index contributed by atoms with van der Waals surface area (Å²) in [5.41, 5.74) is 10.5. The van der Waals surface area contributed by atoms with Crippen molar-refractivity contribution < 1.29 is 24.3 Å². The van der Waals surface area contributed by atoms with Crippen LogP contribution in [0.3, 0.4) is 0 Å². The molecule has 0 radical (unpaired) electrons. The van der Waals surface area contributed by atoms with Crippen molar-refractivity contribution in [2.75, 3.05) is 25.1 Å². The SMILES string of the molecule is CSCCC(NC(=O)C(CC(C)C)NC(=O)C1CCCN1)C(=O)NC(CCCN=C(N)N)C(=O)O. The molecule has 9 N–H and O–H groups in total. The number of rotatable bonds is 16. The number of nitrogens with two attached hydrogens (primary N) is 2. The Balaban J connectivity index is 2.85. The first-order chi connectivity index (χ1) is 16.5. The van der Waals surface area contributed by atoms with E-state index in [-0.39, 0.29) is 36.8 Å². The maximum absolute atomic E-state index is 13.1. The molecule has 4 atom stereocenters. The summed E-state index contributed by atoms with van der Waals surface area (Å²) in [6.07, 6.45) is 4.68. The van der Waals surface area contributed by atoms with Gasteiger partial charge in [0.15, 0.2) is 5.96 Å². The zero-order valence-electron chi connectivity index (χ0n) is 20.8. The first-order valence-electron chi connectivity index (χ1n) is 12.0. The van der Waals surface area contributed by atoms with Crippen molar-refractivity contribution in [2.24, 2.45) is 22.4 Å². The zero-order valence-corrected chi connectivity index (χ0v) is 21.7. The topological polar surface area (TPSA) is 201 Å². The average molecular weight is 516 g/mol. The summed E-state index contributed by atoms with van der Waals surface area (Å²) in [6.45, 7) is 4.88. The van der Waals surface area contributed by atoms with Crippen molar-refractivity contribution in [1.29, 1.82) is 0 Å². The summed E-state index contributed by atoms with van der Waals surface area (Å²) < 4.78 is 0. The van der Waals surface area contributed by atoms with Gasteiger partial charge < -0.3 is 37.8 Å². The Morgan fingerprint density at radius 1 is 1.06 bits per heavy atom. The van der Waals surface area contributed by atoms with Crippen LogP contribution in [-0.2, 0) is 19.2 Å². The molecule has 0 aromatic rings. The van der Waals surface area contributed by atoms with Gasteiger partial charge in [0.25, 0.3) is 0 Å². The van der Waals surface area contributed by atoms with Crippen LogP contribution in [0.25, 0.3) is 0 Å². The van der Waals surface area contributed by atoms with Gasteiger partial charge >= 0.3 is 5.97 Å². The van der Waals surface area contributed by atoms with Gasteiger partial charge in [0.1, 0.15) is 18.1 Å². The number of aliphatic carboxylic acids is 1. The maximum Gasteiger partial charge on any atom is 0.326 e. The fourth-order valence-corrected chi connectivity index (χ4v) is 4.17. The van der Waals surface area contributed by atoms with Crippen molar-refractivity contribution in [3.05, 3.63) is 0 Å². The number of thioether (sulfide) groups is 1. The lowest BCUT2D eigenvalue weighted by Gasteiger charge is -2.26. The highest BCUT2D eigenvalue weighted by Gasteiger charge is 2.31. The molecule has 1 aliphatic heterocycles. The highest BCUT2D eigenvalue weighted by Crippen LogP contribution is 2.10. The molecule has 0 aromatic carbocycles. The lowest BCUT2D eigenvalue weighted by atomic mass is 10.0. The standard InChI is InChI=1S/C22H41N7O5S/c1-13(2)12-17(29-18(30)14-6-4-9-25-14)20(32)27-15(8-11-35-3)19(31)28-16(21(33)34)7-5-10-26-22(23)24/h13-17,25H,4-12H2,1-3H3,(H,27,32)(H,28,31)(H,29,30)(H,33,34)(H4,23,24,26). The van der Waals surface area contributed by atoms with Crippen molar-refractivity contribution in [3.8, 4) is 0 Å². The molecule has 1 fully saturated rings. The van der Waals surface area contributed by atoms with Crippen LogP contribution in [0.15, 0.2) is 4.99 Å². The molecule has 0 bridgehead atoms. The van der Waals surface area contributed by atoms with Crippen LogP contribution in [0, 0.1) is 5.92 Å². The number of amides is 3. The summed E-state index contributed by atoms with van der Waals surface area (Å²) in [6, 6.07) is -3.22. The quantitative estimate of drug-likeness (QED) is 0.0775. The molecule has 200 valence electrons. The van der Waals surface area contributed by atoms with E-state index in [4.69, 9.17) is 11.5 Å². The van der Waals surface area contributed by atoms with Gasteiger partial charge in [0.05, 0.1) is 6.04 Å². The fourth-order valence-electron chi connectivity index (χ4n) is 3.69. The van der Waals surface area contributed by atoms with Crippen LogP contribution in [0.4, 0.5) is 0 Å². The van der Waals surface area contributed by atoms with E-state index in [1.807, 2.05) is 20.1 Å². The molecular weight excluding hydrogens is 474 g/mol. The smallest absolute Gasteiger partial charge is 0.326 e. The summed E-state index contributed by atoms with van der Waals surface area (Å²) in [4.78, 5) is 54.1. The first-order valence-corrected chi connectivity index (χ1v) is 13.4. The molecule has 4 unspecified atom stereocenters. The number of hydrogen-bond donors (Lipinski definition) is 7. The van der Waals surface area contributed by atoms with Gasteiger partial charge in [-0.05, 0) is 63.0 Å². The normalized spacial score (nSPS) is 17.8. The molecule has 1 rings (SSSR count). The minimum Gasteiger partial charge on any atom is -0.480 e. The van der Waals surface area contributed by atoms with Crippen LogP contribution < -0.4 is 32.7 Å². The van der Waals surface area contributed by atoms with E-state index in [9.17, 15) is 24.3 Å². The Morgan fingerprint density at radius 2 is 1.71 bits per heavy atom. The third-order valence-electron chi connectivity index (χ3n) is 5.52. The van der Waals surface area contributed by atoms with Gasteiger partial charge in [-0.1, -0.05) is 13.8 Å². The number of carbonyl (C=O) groups is 4. The average Bonchev–Trinajstić information content (AvgIpc) is 3.32. The number of aliphatic imine (C=N–C) groups is 1. The lowest BCUT2D eigenvalue weighted by molar-refractivity contribution is -0.142. The fraction of sp³-hybridized carbons (Fsp3) is 0.773. The van der Waals surface area contributed by atoms with E-state index < -0.39 is 35.9 Å². The van der Waals surface area contributed by atoms with E-state index in [0.717, 1.165) is 13.0 Å².